The highest BCUT2D eigenvalue weighted by molar-refractivity contribution is 7.81. The monoisotopic (exact) mass is 713 g/mol. The first-order valence-corrected chi connectivity index (χ1v) is 18.0. The number of rotatable bonds is 19. The van der Waals surface area contributed by atoms with Crippen molar-refractivity contribution < 1.29 is 24.0 Å². The van der Waals surface area contributed by atoms with E-state index in [1.54, 1.807) is 26.4 Å². The van der Waals surface area contributed by atoms with E-state index >= 15 is 0 Å². The molecule has 0 fully saturated rings. The fourth-order valence-electron chi connectivity index (χ4n) is 5.61. The van der Waals surface area contributed by atoms with E-state index in [-0.39, 0.29) is 65.3 Å². The number of Topliss-reactive ketones (excluding diaryl/α,β-unsaturated/α-hetero) is 2. The number of nitrogens with one attached hydrogen (secondary N) is 4. The van der Waals surface area contributed by atoms with Gasteiger partial charge in [0, 0.05) is 61.5 Å². The van der Waals surface area contributed by atoms with Crippen LogP contribution in [0.15, 0.2) is 12.5 Å². The van der Waals surface area contributed by atoms with Crippen LogP contribution in [0.1, 0.15) is 114 Å². The molecule has 0 spiro atoms. The van der Waals surface area contributed by atoms with Crippen LogP contribution in [0.4, 0.5) is 0 Å². The Balaban J connectivity index is 0. The van der Waals surface area contributed by atoms with Crippen molar-refractivity contribution in [3.63, 3.8) is 0 Å². The lowest BCUT2D eigenvalue weighted by Crippen LogP contribution is -2.45. The van der Waals surface area contributed by atoms with Crippen LogP contribution in [-0.2, 0) is 30.4 Å². The summed E-state index contributed by atoms with van der Waals surface area (Å²) in [6, 6.07) is 0. The Labute approximate surface area is 302 Å². The Morgan fingerprint density at radius 2 is 1.27 bits per heavy atom. The Hall–Kier alpha value is -2.34. The second-order valence-corrected chi connectivity index (χ2v) is 15.8. The molecule has 0 saturated heterocycles. The lowest BCUT2D eigenvalue weighted by Gasteiger charge is -2.33. The molecule has 1 rings (SSSR count). The number of amides is 3. The molecule has 0 aliphatic rings. The quantitative estimate of drug-likeness (QED) is 0.0780. The molecule has 0 bridgehead atoms. The van der Waals surface area contributed by atoms with Gasteiger partial charge < -0.3 is 20.9 Å². The molecular weight excluding hydrogens is 647 g/mol. The molecule has 0 aromatic carbocycles. The highest BCUT2D eigenvalue weighted by Gasteiger charge is 2.38. The first-order valence-electron chi connectivity index (χ1n) is 16.8. The minimum Gasteiger partial charge on any atom is -0.355 e. The summed E-state index contributed by atoms with van der Waals surface area (Å²) < 4.78 is 0. The van der Waals surface area contributed by atoms with E-state index < -0.39 is 5.92 Å². The second-order valence-electron chi connectivity index (χ2n) is 14.7. The number of thiol groups is 2. The lowest BCUT2D eigenvalue weighted by molar-refractivity contribution is -0.136. The number of hydrogen-bond donors (Lipinski definition) is 6. The standard InChI is InChI=1S/C20H38N2O3S2.C15H25N3O2.CH4/c1-14(15(2)23)18(20(3,4)5)19(25)22-12-11-21-17(24)9-7-6-8-16(27)10-13-26;1-10(11(2)19)13(15(3,4)5)14(20)17-7-6-12-8-16-9-18-12;/h14,16,18,26-27H,6-13H2,1-5H3,(H,21,24)(H,22,25);8-10,13H,6-7H2,1-5H3,(H,16,18)(H,17,20);1H4. The second kappa shape index (κ2) is 23.9. The van der Waals surface area contributed by atoms with Crippen LogP contribution < -0.4 is 16.0 Å². The zero-order chi connectivity index (χ0) is 36.4. The number of nitrogens with zero attached hydrogens (tertiary/aromatic N) is 1. The van der Waals surface area contributed by atoms with Gasteiger partial charge in [0.15, 0.2) is 0 Å². The van der Waals surface area contributed by atoms with Gasteiger partial charge in [-0.2, -0.15) is 25.3 Å². The van der Waals surface area contributed by atoms with Crippen LogP contribution in [-0.4, -0.2) is 69.9 Å². The van der Waals surface area contributed by atoms with Gasteiger partial charge in [-0.05, 0) is 49.7 Å². The molecule has 5 unspecified atom stereocenters. The zero-order valence-electron chi connectivity index (χ0n) is 30.5. The van der Waals surface area contributed by atoms with Crippen molar-refractivity contribution in [1.82, 2.24) is 25.9 Å². The fraction of sp³-hybridized carbons (Fsp3) is 0.778. The predicted octanol–water partition coefficient (Wildman–Crippen LogP) is 5.88. The van der Waals surface area contributed by atoms with Crippen molar-refractivity contribution in [2.45, 2.75) is 120 Å². The highest BCUT2D eigenvalue weighted by Crippen LogP contribution is 2.33. The zero-order valence-corrected chi connectivity index (χ0v) is 32.3. The van der Waals surface area contributed by atoms with Gasteiger partial charge in [-0.1, -0.05) is 69.2 Å². The number of ketones is 2. The third-order valence-corrected chi connectivity index (χ3v) is 9.14. The number of carbonyl (C=O) groups excluding carboxylic acids is 5. The average molecular weight is 714 g/mol. The number of aromatic nitrogens is 2. The minimum absolute atomic E-state index is 0. The van der Waals surface area contributed by atoms with Crippen molar-refractivity contribution in [2.24, 2.45) is 34.5 Å². The predicted molar refractivity (Wildman–Crippen MR) is 203 cm³/mol. The molecule has 1 aromatic rings. The van der Waals surface area contributed by atoms with Crippen molar-refractivity contribution in [2.75, 3.05) is 25.4 Å². The number of H-pyrrole nitrogens is 1. The normalized spacial score (nSPS) is 14.5. The molecule has 0 aliphatic carbocycles. The molecule has 1 heterocycles. The molecule has 12 heteroatoms. The van der Waals surface area contributed by atoms with Gasteiger partial charge in [0.05, 0.1) is 18.2 Å². The van der Waals surface area contributed by atoms with Crippen LogP contribution in [0.5, 0.6) is 0 Å². The largest absolute Gasteiger partial charge is 0.355 e. The van der Waals surface area contributed by atoms with Gasteiger partial charge in [-0.25, -0.2) is 4.98 Å². The topological polar surface area (TPSA) is 150 Å². The van der Waals surface area contributed by atoms with Gasteiger partial charge >= 0.3 is 0 Å². The summed E-state index contributed by atoms with van der Waals surface area (Å²) >= 11 is 8.66. The third-order valence-electron chi connectivity index (χ3n) is 8.36. The van der Waals surface area contributed by atoms with E-state index in [0.29, 0.717) is 37.7 Å². The molecule has 0 saturated carbocycles. The smallest absolute Gasteiger partial charge is 0.224 e. The number of unbranched alkanes of at least 4 members (excludes halogenated alkanes) is 1. The molecule has 5 atom stereocenters. The summed E-state index contributed by atoms with van der Waals surface area (Å²) in [6.45, 7) is 19.8. The number of hydrogen-bond acceptors (Lipinski definition) is 8. The Morgan fingerprint density at radius 3 is 1.69 bits per heavy atom. The third kappa shape index (κ3) is 19.6. The van der Waals surface area contributed by atoms with E-state index in [2.05, 4.69) is 51.2 Å². The van der Waals surface area contributed by atoms with Crippen molar-refractivity contribution in [3.05, 3.63) is 18.2 Å². The van der Waals surface area contributed by atoms with E-state index in [9.17, 15) is 24.0 Å². The molecule has 48 heavy (non-hydrogen) atoms. The van der Waals surface area contributed by atoms with Gasteiger partial charge in [-0.3, -0.25) is 24.0 Å². The maximum Gasteiger partial charge on any atom is 0.224 e. The molecule has 0 aliphatic heterocycles. The first-order chi connectivity index (χ1) is 21.7. The molecule has 1 aromatic heterocycles. The molecule has 0 radical (unpaired) electrons. The van der Waals surface area contributed by atoms with Crippen LogP contribution in [0.2, 0.25) is 0 Å². The average Bonchev–Trinajstić information content (AvgIpc) is 3.46. The Kier molecular flexibility index (Phi) is 23.8. The lowest BCUT2D eigenvalue weighted by atomic mass is 9.72. The van der Waals surface area contributed by atoms with Gasteiger partial charge in [0.25, 0.3) is 0 Å². The first kappa shape index (κ1) is 47.8. The minimum atomic E-state index is -0.392. The van der Waals surface area contributed by atoms with Crippen LogP contribution >= 0.6 is 25.3 Å². The molecular formula is C36H67N5O5S2. The Bertz CT molecular complexity index is 1100. The summed E-state index contributed by atoms with van der Waals surface area (Å²) in [7, 11) is 0. The number of carbonyl (C=O) groups is 5. The maximum atomic E-state index is 12.5. The molecule has 10 nitrogen and oxygen atoms in total. The van der Waals surface area contributed by atoms with Crippen molar-refractivity contribution in [3.8, 4) is 0 Å². The van der Waals surface area contributed by atoms with Crippen molar-refractivity contribution in [1.29, 1.82) is 0 Å². The van der Waals surface area contributed by atoms with Gasteiger partial charge in [0.2, 0.25) is 17.7 Å². The van der Waals surface area contributed by atoms with Gasteiger partial charge in [-0.15, -0.1) is 0 Å². The number of imidazole rings is 1. The van der Waals surface area contributed by atoms with Crippen LogP contribution in [0.3, 0.4) is 0 Å². The molecule has 278 valence electrons. The van der Waals surface area contributed by atoms with Crippen LogP contribution in [0.25, 0.3) is 0 Å². The molecule has 3 amide bonds. The van der Waals surface area contributed by atoms with E-state index in [1.807, 2.05) is 48.5 Å². The Morgan fingerprint density at radius 1 is 0.792 bits per heavy atom. The summed E-state index contributed by atoms with van der Waals surface area (Å²) in [5.74, 6) is -0.618. The summed E-state index contributed by atoms with van der Waals surface area (Å²) in [4.78, 5) is 67.0. The SMILES string of the molecule is C.CC(=O)C(C)C(C(=O)NCCNC(=O)CCCCC(S)CCS)C(C)(C)C.CC(=O)C(C)C(C(=O)NCCc1cnc[nH]1)C(C)(C)C. The highest BCUT2D eigenvalue weighted by atomic mass is 32.1. The summed E-state index contributed by atoms with van der Waals surface area (Å²) in [6.07, 6.45) is 8.34. The maximum absolute atomic E-state index is 12.5. The van der Waals surface area contributed by atoms with E-state index in [0.717, 1.165) is 37.1 Å². The van der Waals surface area contributed by atoms with Crippen LogP contribution in [0, 0.1) is 34.5 Å². The van der Waals surface area contributed by atoms with Gasteiger partial charge in [0.1, 0.15) is 11.6 Å². The summed E-state index contributed by atoms with van der Waals surface area (Å²) in [5, 5.41) is 8.96. The summed E-state index contributed by atoms with van der Waals surface area (Å²) in [5.41, 5.74) is 0.427. The van der Waals surface area contributed by atoms with E-state index in [1.165, 1.54) is 6.92 Å². The number of aromatic amines is 1. The van der Waals surface area contributed by atoms with Crippen molar-refractivity contribution >= 4 is 54.5 Å². The molecule has 4 N–H and O–H groups in total. The van der Waals surface area contributed by atoms with E-state index in [4.69, 9.17) is 0 Å². The fourth-order valence-corrected chi connectivity index (χ4v) is 6.43.